The molecule has 6 heteroatoms. The molecular weight excluding hydrogens is 1010 g/mol. The number of hydrogen-bond acceptors (Lipinski definition) is 6. The molecule has 0 radical (unpaired) electrons. The summed E-state index contributed by atoms with van der Waals surface area (Å²) >= 11 is 0. The van der Waals surface area contributed by atoms with Crippen molar-refractivity contribution < 1.29 is 28.6 Å². The lowest BCUT2D eigenvalue weighted by atomic mass is 10.1. The zero-order valence-corrected chi connectivity index (χ0v) is 52.9. The number of hydrogen-bond donors (Lipinski definition) is 0. The second kappa shape index (κ2) is 68.5. The Morgan fingerprint density at radius 2 is 0.476 bits per heavy atom. The van der Waals surface area contributed by atoms with Crippen LogP contribution in [0.2, 0.25) is 0 Å². The molecule has 462 valence electrons. The third-order valence-electron chi connectivity index (χ3n) is 13.7. The molecule has 0 heterocycles. The predicted octanol–water partition coefficient (Wildman–Crippen LogP) is 23.3. The Labute approximate surface area is 505 Å². The standard InChI is InChI=1S/C76H122O6/c1-4-7-10-13-16-19-22-25-28-31-34-36-37-38-39-41-42-45-48-51-54-57-60-63-66-69-75(78)81-72-73(71-80-74(77)68-65-62-59-56-53-50-47-44-33-30-27-24-21-18-15-12-9-6-3)82-76(79)70-67-64-61-58-55-52-49-46-43-40-35-32-29-26-23-20-17-14-11-8-5-2/h7-8,10-11,16-17,19-20,25-26,28-30,33-36,38-40,42,45-46,49,51,54,73H,4-6,9,12-15,18,21-24,27,31-32,37,41,43-44,47-48,50,52-53,55-72H2,1-3H3/b10-7-,11-8-,19-16-,20-17-,28-25-,29-26-,33-30-,36-34-,39-38-,40-35-,45-42-,49-46-,54-51-. The Kier molecular flexibility index (Phi) is 64.4. The van der Waals surface area contributed by atoms with Gasteiger partial charge in [-0.05, 0) is 148 Å². The molecule has 0 bridgehead atoms. The van der Waals surface area contributed by atoms with Crippen LogP contribution in [-0.2, 0) is 28.6 Å². The molecule has 0 aliphatic carbocycles. The first kappa shape index (κ1) is 77.0. The first-order valence-corrected chi connectivity index (χ1v) is 33.5. The van der Waals surface area contributed by atoms with Gasteiger partial charge in [-0.1, -0.05) is 275 Å². The summed E-state index contributed by atoms with van der Waals surface area (Å²) in [6.45, 7) is 6.37. The van der Waals surface area contributed by atoms with Gasteiger partial charge in [-0.2, -0.15) is 0 Å². The lowest BCUT2D eigenvalue weighted by Crippen LogP contribution is -2.30. The Balaban J connectivity index is 4.53. The topological polar surface area (TPSA) is 78.9 Å². The summed E-state index contributed by atoms with van der Waals surface area (Å²) in [6.07, 6.45) is 99.6. The first-order chi connectivity index (χ1) is 40.5. The molecule has 0 saturated carbocycles. The number of rotatable bonds is 59. The lowest BCUT2D eigenvalue weighted by Gasteiger charge is -2.18. The van der Waals surface area contributed by atoms with Crippen molar-refractivity contribution in [1.29, 1.82) is 0 Å². The third kappa shape index (κ3) is 65.8. The number of carbonyl (C=O) groups is 3. The van der Waals surface area contributed by atoms with Crippen molar-refractivity contribution >= 4 is 17.9 Å². The van der Waals surface area contributed by atoms with Crippen LogP contribution >= 0.6 is 0 Å². The van der Waals surface area contributed by atoms with E-state index < -0.39 is 6.10 Å². The molecule has 0 saturated heterocycles. The van der Waals surface area contributed by atoms with Crippen LogP contribution in [0.1, 0.15) is 284 Å². The molecule has 0 aromatic rings. The fraction of sp³-hybridized carbons (Fsp3) is 0.618. The van der Waals surface area contributed by atoms with E-state index in [-0.39, 0.29) is 31.1 Å². The van der Waals surface area contributed by atoms with Crippen LogP contribution in [0.5, 0.6) is 0 Å². The molecule has 0 aromatic carbocycles. The monoisotopic (exact) mass is 1130 g/mol. The van der Waals surface area contributed by atoms with E-state index in [2.05, 4.69) is 179 Å². The highest BCUT2D eigenvalue weighted by atomic mass is 16.6. The highest BCUT2D eigenvalue weighted by molar-refractivity contribution is 5.71. The summed E-state index contributed by atoms with van der Waals surface area (Å²) in [4.78, 5) is 38.4. The maximum absolute atomic E-state index is 12.9. The number of unbranched alkanes of at least 4 members (excludes halogenated alkanes) is 22. The highest BCUT2D eigenvalue weighted by Crippen LogP contribution is 2.14. The van der Waals surface area contributed by atoms with Gasteiger partial charge in [0, 0.05) is 19.3 Å². The Bertz CT molecular complexity index is 1830. The fourth-order valence-corrected chi connectivity index (χ4v) is 8.80. The summed E-state index contributed by atoms with van der Waals surface area (Å²) in [5.41, 5.74) is 0. The minimum atomic E-state index is -0.815. The van der Waals surface area contributed by atoms with Gasteiger partial charge >= 0.3 is 17.9 Å². The van der Waals surface area contributed by atoms with Crippen molar-refractivity contribution in [2.75, 3.05) is 13.2 Å². The minimum absolute atomic E-state index is 0.105. The van der Waals surface area contributed by atoms with E-state index >= 15 is 0 Å². The molecular formula is C76H122O6. The van der Waals surface area contributed by atoms with E-state index in [0.29, 0.717) is 19.3 Å². The van der Waals surface area contributed by atoms with Crippen molar-refractivity contribution in [3.63, 3.8) is 0 Å². The maximum atomic E-state index is 12.9. The minimum Gasteiger partial charge on any atom is -0.462 e. The van der Waals surface area contributed by atoms with E-state index in [9.17, 15) is 14.4 Å². The van der Waals surface area contributed by atoms with E-state index in [4.69, 9.17) is 14.2 Å². The second-order valence-electron chi connectivity index (χ2n) is 21.6. The van der Waals surface area contributed by atoms with Crippen LogP contribution in [0.4, 0.5) is 0 Å². The van der Waals surface area contributed by atoms with Gasteiger partial charge in [0.2, 0.25) is 0 Å². The lowest BCUT2D eigenvalue weighted by molar-refractivity contribution is -0.167. The van der Waals surface area contributed by atoms with Crippen molar-refractivity contribution in [3.8, 4) is 0 Å². The third-order valence-corrected chi connectivity index (χ3v) is 13.7. The average molecular weight is 1130 g/mol. The van der Waals surface area contributed by atoms with Crippen molar-refractivity contribution in [2.45, 2.75) is 290 Å². The average Bonchev–Trinajstić information content (AvgIpc) is 3.47. The van der Waals surface area contributed by atoms with E-state index in [1.165, 1.54) is 83.5 Å². The largest absolute Gasteiger partial charge is 0.462 e. The molecule has 0 aliphatic heterocycles. The van der Waals surface area contributed by atoms with Crippen LogP contribution in [0.15, 0.2) is 158 Å². The molecule has 0 rings (SSSR count). The summed E-state index contributed by atoms with van der Waals surface area (Å²) in [6, 6.07) is 0. The van der Waals surface area contributed by atoms with Crippen LogP contribution < -0.4 is 0 Å². The zero-order chi connectivity index (χ0) is 59.2. The fourth-order valence-electron chi connectivity index (χ4n) is 8.80. The molecule has 1 atom stereocenters. The molecule has 0 spiro atoms. The smallest absolute Gasteiger partial charge is 0.306 e. The second-order valence-corrected chi connectivity index (χ2v) is 21.6. The van der Waals surface area contributed by atoms with Gasteiger partial charge in [-0.15, -0.1) is 0 Å². The van der Waals surface area contributed by atoms with E-state index in [1.807, 2.05) is 0 Å². The van der Waals surface area contributed by atoms with Gasteiger partial charge in [-0.3, -0.25) is 14.4 Å². The van der Waals surface area contributed by atoms with Gasteiger partial charge in [-0.25, -0.2) is 0 Å². The molecule has 0 amide bonds. The van der Waals surface area contributed by atoms with Gasteiger partial charge in [0.15, 0.2) is 6.10 Å². The SMILES string of the molecule is CC/C=C\C/C=C\C/C=C\C/C=C\C/C=C\C/C=C\C/C=C\CCCCCC(=O)OCC(COC(=O)CCCCCCCCC/C=C\CCCCCCCCC)OC(=O)CCCCCCC/C=C\C/C=C\C/C=C\C/C=C\C/C=C\CC. The van der Waals surface area contributed by atoms with E-state index in [1.54, 1.807) is 0 Å². The summed E-state index contributed by atoms with van der Waals surface area (Å²) in [5, 5.41) is 0. The first-order valence-electron chi connectivity index (χ1n) is 33.5. The van der Waals surface area contributed by atoms with Crippen molar-refractivity contribution in [1.82, 2.24) is 0 Å². The number of allylic oxidation sites excluding steroid dienone is 26. The quantitative estimate of drug-likeness (QED) is 0.0261. The van der Waals surface area contributed by atoms with Gasteiger partial charge < -0.3 is 14.2 Å². The van der Waals surface area contributed by atoms with Gasteiger partial charge in [0.1, 0.15) is 13.2 Å². The summed E-state index contributed by atoms with van der Waals surface area (Å²) in [7, 11) is 0. The predicted molar refractivity (Wildman–Crippen MR) is 357 cm³/mol. The molecule has 0 aromatic heterocycles. The molecule has 1 unspecified atom stereocenters. The summed E-state index contributed by atoms with van der Waals surface area (Å²) < 4.78 is 16.9. The molecule has 0 N–H and O–H groups in total. The summed E-state index contributed by atoms with van der Waals surface area (Å²) in [5.74, 6) is -0.962. The molecule has 0 aliphatic rings. The molecule has 6 nitrogen and oxygen atoms in total. The number of ether oxygens (including phenoxy) is 3. The number of carbonyl (C=O) groups excluding carboxylic acids is 3. The van der Waals surface area contributed by atoms with Crippen LogP contribution in [-0.4, -0.2) is 37.2 Å². The van der Waals surface area contributed by atoms with Crippen molar-refractivity contribution in [3.05, 3.63) is 158 Å². The Morgan fingerprint density at radius 3 is 0.768 bits per heavy atom. The van der Waals surface area contributed by atoms with Gasteiger partial charge in [0.25, 0.3) is 0 Å². The normalized spacial score (nSPS) is 13.2. The maximum Gasteiger partial charge on any atom is 0.306 e. The van der Waals surface area contributed by atoms with E-state index in [0.717, 1.165) is 161 Å². The highest BCUT2D eigenvalue weighted by Gasteiger charge is 2.19. The molecule has 82 heavy (non-hydrogen) atoms. The molecule has 0 fully saturated rings. The Hall–Kier alpha value is -4.97. The number of esters is 3. The van der Waals surface area contributed by atoms with Crippen molar-refractivity contribution in [2.24, 2.45) is 0 Å². The van der Waals surface area contributed by atoms with Crippen LogP contribution in [0, 0.1) is 0 Å². The Morgan fingerprint density at radius 1 is 0.256 bits per heavy atom. The van der Waals surface area contributed by atoms with Crippen LogP contribution in [0.3, 0.4) is 0 Å². The van der Waals surface area contributed by atoms with Gasteiger partial charge in [0.05, 0.1) is 0 Å². The zero-order valence-electron chi connectivity index (χ0n) is 52.9. The van der Waals surface area contributed by atoms with Crippen LogP contribution in [0.25, 0.3) is 0 Å².